The van der Waals surface area contributed by atoms with E-state index in [4.69, 9.17) is 4.74 Å². The van der Waals surface area contributed by atoms with E-state index in [2.05, 4.69) is 5.32 Å². The average Bonchev–Trinajstić information content (AvgIpc) is 2.42. The molecule has 0 saturated carbocycles. The van der Waals surface area contributed by atoms with Crippen molar-refractivity contribution in [2.75, 3.05) is 6.54 Å². The van der Waals surface area contributed by atoms with Crippen molar-refractivity contribution >= 4 is 34.5 Å². The lowest BCUT2D eigenvalue weighted by atomic mass is 10.1. The molecule has 0 rings (SSSR count). The molecule has 0 bridgehead atoms. The van der Waals surface area contributed by atoms with E-state index in [0.29, 0.717) is 6.54 Å². The van der Waals surface area contributed by atoms with Crippen LogP contribution in [-0.2, 0) is 23.9 Å². The fourth-order valence-electron chi connectivity index (χ4n) is 1.52. The molecule has 1 unspecified atom stereocenters. The minimum Gasteiger partial charge on any atom is -0.457 e. The zero-order chi connectivity index (χ0) is 18.2. The summed E-state index contributed by atoms with van der Waals surface area (Å²) < 4.78 is 4.19. The second-order valence-electron chi connectivity index (χ2n) is 6.31. The standard InChI is InChI=1S/C16H27NO5S/c1-7-11(4)14(20)17-9-16(5,6)23-13(19)8-12(18)15(21)22-10(2)3/h10-11H,7-9H2,1-6H3,(H,17,20). The molecular weight excluding hydrogens is 318 g/mol. The summed E-state index contributed by atoms with van der Waals surface area (Å²) in [6.07, 6.45) is -0.162. The molecule has 7 heteroatoms. The predicted molar refractivity (Wildman–Crippen MR) is 90.0 cm³/mol. The number of Topliss-reactive ketones (excluding diaryl/α,β-unsaturated/α-hetero) is 1. The van der Waals surface area contributed by atoms with Gasteiger partial charge in [-0.05, 0) is 34.1 Å². The topological polar surface area (TPSA) is 89.5 Å². The molecule has 0 aliphatic rings. The molecule has 0 aromatic rings. The predicted octanol–water partition coefficient (Wildman–Crippen LogP) is 2.10. The van der Waals surface area contributed by atoms with Gasteiger partial charge < -0.3 is 10.1 Å². The third kappa shape index (κ3) is 9.38. The van der Waals surface area contributed by atoms with Crippen LogP contribution in [0.25, 0.3) is 0 Å². The van der Waals surface area contributed by atoms with Crippen LogP contribution >= 0.6 is 11.8 Å². The number of hydrogen-bond donors (Lipinski definition) is 1. The molecule has 0 aromatic heterocycles. The highest BCUT2D eigenvalue weighted by Crippen LogP contribution is 2.25. The number of thioether (sulfide) groups is 1. The van der Waals surface area contributed by atoms with Gasteiger partial charge in [-0.1, -0.05) is 25.6 Å². The Balaban J connectivity index is 4.38. The van der Waals surface area contributed by atoms with Crippen LogP contribution in [0.2, 0.25) is 0 Å². The smallest absolute Gasteiger partial charge is 0.375 e. The molecule has 0 aliphatic heterocycles. The molecule has 0 heterocycles. The van der Waals surface area contributed by atoms with Crippen molar-refractivity contribution in [1.29, 1.82) is 0 Å². The zero-order valence-electron chi connectivity index (χ0n) is 14.7. The van der Waals surface area contributed by atoms with Gasteiger partial charge in [0.25, 0.3) is 0 Å². The third-order valence-electron chi connectivity index (χ3n) is 3.01. The molecule has 1 N–H and O–H groups in total. The largest absolute Gasteiger partial charge is 0.457 e. The Bertz CT molecular complexity index is 459. The summed E-state index contributed by atoms with van der Waals surface area (Å²) in [5, 5.41) is 2.37. The number of carbonyl (C=O) groups is 4. The molecule has 1 amide bonds. The highest BCUT2D eigenvalue weighted by molar-refractivity contribution is 8.14. The Morgan fingerprint density at radius 3 is 2.17 bits per heavy atom. The maximum Gasteiger partial charge on any atom is 0.375 e. The average molecular weight is 345 g/mol. The van der Waals surface area contributed by atoms with Gasteiger partial charge in [0, 0.05) is 17.2 Å². The Kier molecular flexibility index (Phi) is 9.12. The summed E-state index contributed by atoms with van der Waals surface area (Å²) in [6.45, 7) is 10.9. The van der Waals surface area contributed by atoms with Gasteiger partial charge in [0.15, 0.2) is 5.12 Å². The Hall–Kier alpha value is -1.37. The summed E-state index contributed by atoms with van der Waals surface area (Å²) >= 11 is 0.946. The van der Waals surface area contributed by atoms with Gasteiger partial charge in [-0.2, -0.15) is 0 Å². The van der Waals surface area contributed by atoms with Crippen LogP contribution in [0.3, 0.4) is 0 Å². The number of amides is 1. The molecule has 0 aromatic carbocycles. The number of rotatable bonds is 9. The van der Waals surface area contributed by atoms with Crippen molar-refractivity contribution in [3.63, 3.8) is 0 Å². The van der Waals surface area contributed by atoms with Gasteiger partial charge in [-0.15, -0.1) is 0 Å². The molecule has 132 valence electrons. The second-order valence-corrected chi connectivity index (χ2v) is 8.08. The van der Waals surface area contributed by atoms with E-state index in [1.165, 1.54) is 0 Å². The highest BCUT2D eigenvalue weighted by atomic mass is 32.2. The Labute approximate surface area is 142 Å². The number of hydrogen-bond acceptors (Lipinski definition) is 6. The van der Waals surface area contributed by atoms with Crippen LogP contribution in [0.15, 0.2) is 0 Å². The lowest BCUT2D eigenvalue weighted by Gasteiger charge is -2.24. The first-order valence-electron chi connectivity index (χ1n) is 7.71. The fraction of sp³-hybridized carbons (Fsp3) is 0.750. The molecule has 6 nitrogen and oxygen atoms in total. The molecule has 0 radical (unpaired) electrons. The summed E-state index contributed by atoms with van der Waals surface area (Å²) in [5.41, 5.74) is 0. The quantitative estimate of drug-likeness (QED) is 0.391. The first-order chi connectivity index (χ1) is 10.5. The van der Waals surface area contributed by atoms with Crippen molar-refractivity contribution in [3.8, 4) is 0 Å². The van der Waals surface area contributed by atoms with Crippen LogP contribution in [0.1, 0.15) is 54.4 Å². The molecule has 23 heavy (non-hydrogen) atoms. The first-order valence-corrected chi connectivity index (χ1v) is 8.53. The van der Waals surface area contributed by atoms with Gasteiger partial charge in [-0.25, -0.2) is 4.79 Å². The molecule has 0 saturated heterocycles. The van der Waals surface area contributed by atoms with E-state index in [0.717, 1.165) is 18.2 Å². The van der Waals surface area contributed by atoms with Gasteiger partial charge >= 0.3 is 5.97 Å². The fourth-order valence-corrected chi connectivity index (χ4v) is 2.49. The van der Waals surface area contributed by atoms with Gasteiger partial charge in [0.1, 0.15) is 0 Å². The maximum atomic E-state index is 11.9. The van der Waals surface area contributed by atoms with Crippen LogP contribution in [0.5, 0.6) is 0 Å². The van der Waals surface area contributed by atoms with E-state index in [1.54, 1.807) is 27.7 Å². The number of ketones is 1. The second kappa shape index (κ2) is 9.70. The molecule has 0 spiro atoms. The van der Waals surface area contributed by atoms with Crippen molar-refractivity contribution in [1.82, 2.24) is 5.32 Å². The third-order valence-corrected chi connectivity index (χ3v) is 4.08. The summed E-state index contributed by atoms with van der Waals surface area (Å²) in [7, 11) is 0. The molecule has 1 atom stereocenters. The van der Waals surface area contributed by atoms with Crippen molar-refractivity contribution in [2.45, 2.75) is 65.2 Å². The van der Waals surface area contributed by atoms with E-state index in [1.807, 2.05) is 13.8 Å². The van der Waals surface area contributed by atoms with Crippen LogP contribution in [0, 0.1) is 5.92 Å². The molecule has 0 aliphatic carbocycles. The molecular formula is C16H27NO5S. The lowest BCUT2D eigenvalue weighted by Crippen LogP contribution is -2.39. The van der Waals surface area contributed by atoms with E-state index >= 15 is 0 Å². The number of ether oxygens (including phenoxy) is 1. The number of nitrogens with one attached hydrogen (secondary N) is 1. The first kappa shape index (κ1) is 21.6. The molecule has 0 fully saturated rings. The number of carbonyl (C=O) groups excluding carboxylic acids is 4. The number of esters is 1. The van der Waals surface area contributed by atoms with Gasteiger partial charge in [-0.3, -0.25) is 14.4 Å². The van der Waals surface area contributed by atoms with E-state index in [9.17, 15) is 19.2 Å². The van der Waals surface area contributed by atoms with Crippen molar-refractivity contribution in [3.05, 3.63) is 0 Å². The van der Waals surface area contributed by atoms with E-state index < -0.39 is 34.1 Å². The maximum absolute atomic E-state index is 11.9. The summed E-state index contributed by atoms with van der Waals surface area (Å²) in [6, 6.07) is 0. The van der Waals surface area contributed by atoms with Crippen molar-refractivity contribution in [2.24, 2.45) is 5.92 Å². The van der Waals surface area contributed by atoms with Crippen LogP contribution < -0.4 is 5.32 Å². The van der Waals surface area contributed by atoms with E-state index in [-0.39, 0.29) is 11.8 Å². The van der Waals surface area contributed by atoms with Gasteiger partial charge in [0.05, 0.1) is 12.5 Å². The minimum absolute atomic E-state index is 0.0646. The van der Waals surface area contributed by atoms with Crippen LogP contribution in [0.4, 0.5) is 0 Å². The van der Waals surface area contributed by atoms with Gasteiger partial charge in [0.2, 0.25) is 11.7 Å². The monoisotopic (exact) mass is 345 g/mol. The zero-order valence-corrected chi connectivity index (χ0v) is 15.5. The summed E-state index contributed by atoms with van der Waals surface area (Å²) in [5.74, 6) is -1.99. The Morgan fingerprint density at radius 1 is 1.13 bits per heavy atom. The SMILES string of the molecule is CCC(C)C(=O)NCC(C)(C)SC(=O)CC(=O)C(=O)OC(C)C. The van der Waals surface area contributed by atoms with Crippen LogP contribution in [-0.4, -0.2) is 40.2 Å². The summed E-state index contributed by atoms with van der Waals surface area (Å²) in [4.78, 5) is 46.6. The Morgan fingerprint density at radius 2 is 1.70 bits per heavy atom. The highest BCUT2D eigenvalue weighted by Gasteiger charge is 2.28. The normalized spacial score (nSPS) is 12.7. The van der Waals surface area contributed by atoms with Crippen molar-refractivity contribution < 1.29 is 23.9 Å². The lowest BCUT2D eigenvalue weighted by molar-refractivity contribution is -0.157. The minimum atomic E-state index is -0.989.